The van der Waals surface area contributed by atoms with E-state index in [1.165, 1.54) is 11.8 Å². The largest absolute Gasteiger partial charge is 0.485 e. The zero-order chi connectivity index (χ0) is 14.8. The van der Waals surface area contributed by atoms with Gasteiger partial charge in [0.1, 0.15) is 5.75 Å². The van der Waals surface area contributed by atoms with Gasteiger partial charge in [-0.3, -0.25) is 4.79 Å². The normalized spacial score (nSPS) is 11.3. The Hall–Kier alpha value is -0.823. The lowest BCUT2D eigenvalue weighted by atomic mass is 10.3. The zero-order valence-electron chi connectivity index (χ0n) is 12.3. The minimum atomic E-state index is -2.00. The van der Waals surface area contributed by atoms with Gasteiger partial charge < -0.3 is 13.6 Å². The van der Waals surface area contributed by atoms with Crippen molar-refractivity contribution in [2.75, 3.05) is 26.6 Å². The Bertz CT molecular complexity index is 395. The highest BCUT2D eigenvalue weighted by Gasteiger charge is 2.27. The van der Waals surface area contributed by atoms with Crippen molar-refractivity contribution in [3.8, 4) is 5.75 Å². The first-order chi connectivity index (χ1) is 9.59. The van der Waals surface area contributed by atoms with Gasteiger partial charge in [-0.05, 0) is 31.1 Å². The second-order valence-corrected chi connectivity index (χ2v) is 9.20. The molecule has 1 rings (SSSR count). The Balaban J connectivity index is 2.15. The first kappa shape index (κ1) is 17.2. The molecule has 0 spiro atoms. The highest BCUT2D eigenvalue weighted by atomic mass is 32.2. The van der Waals surface area contributed by atoms with E-state index < -0.39 is 8.56 Å². The number of rotatable bonds is 9. The quantitative estimate of drug-likeness (QED) is 0.518. The number of thioether (sulfide) groups is 1. The molecule has 0 aliphatic heterocycles. The molecule has 0 bridgehead atoms. The summed E-state index contributed by atoms with van der Waals surface area (Å²) in [7, 11) is 1.37. The SMILES string of the molecule is CO[Si](C)(CCCSC(=O)COc1ccccc1)OC. The first-order valence-electron chi connectivity index (χ1n) is 6.53. The van der Waals surface area contributed by atoms with E-state index >= 15 is 0 Å². The van der Waals surface area contributed by atoms with Crippen LogP contribution in [0.3, 0.4) is 0 Å². The van der Waals surface area contributed by atoms with Gasteiger partial charge in [0.05, 0.1) is 0 Å². The summed E-state index contributed by atoms with van der Waals surface area (Å²) in [5.41, 5.74) is 0. The fraction of sp³-hybridized carbons (Fsp3) is 0.500. The molecule has 0 aliphatic rings. The summed E-state index contributed by atoms with van der Waals surface area (Å²) < 4.78 is 16.2. The van der Waals surface area contributed by atoms with Crippen LogP contribution >= 0.6 is 11.8 Å². The minimum absolute atomic E-state index is 0.0482. The highest BCUT2D eigenvalue weighted by Crippen LogP contribution is 2.17. The average molecular weight is 314 g/mol. The minimum Gasteiger partial charge on any atom is -0.485 e. The van der Waals surface area contributed by atoms with E-state index in [9.17, 15) is 4.79 Å². The number of benzene rings is 1. The van der Waals surface area contributed by atoms with E-state index in [1.54, 1.807) is 14.2 Å². The molecule has 0 saturated carbocycles. The van der Waals surface area contributed by atoms with E-state index in [-0.39, 0.29) is 11.7 Å². The van der Waals surface area contributed by atoms with Crippen LogP contribution < -0.4 is 4.74 Å². The maximum absolute atomic E-state index is 11.7. The molecular formula is C14H22O4SSi. The molecule has 0 radical (unpaired) electrons. The molecule has 1 aromatic carbocycles. The van der Waals surface area contributed by atoms with Gasteiger partial charge in [0.2, 0.25) is 5.12 Å². The third-order valence-electron chi connectivity index (χ3n) is 3.00. The van der Waals surface area contributed by atoms with E-state index in [1.807, 2.05) is 36.9 Å². The molecule has 0 saturated heterocycles. The first-order valence-corrected chi connectivity index (χ1v) is 10.0. The number of carbonyl (C=O) groups excluding carboxylic acids is 1. The van der Waals surface area contributed by atoms with Crippen LogP contribution in [0, 0.1) is 0 Å². The average Bonchev–Trinajstić information content (AvgIpc) is 2.50. The van der Waals surface area contributed by atoms with Crippen molar-refractivity contribution < 1.29 is 18.4 Å². The van der Waals surface area contributed by atoms with E-state index in [0.717, 1.165) is 24.0 Å². The van der Waals surface area contributed by atoms with Gasteiger partial charge in [-0.15, -0.1) is 0 Å². The van der Waals surface area contributed by atoms with E-state index in [2.05, 4.69) is 0 Å². The van der Waals surface area contributed by atoms with Crippen molar-refractivity contribution in [2.45, 2.75) is 19.0 Å². The van der Waals surface area contributed by atoms with Crippen molar-refractivity contribution in [2.24, 2.45) is 0 Å². The molecule has 0 unspecified atom stereocenters. The molecule has 0 aromatic heterocycles. The fourth-order valence-corrected chi connectivity index (χ4v) is 3.88. The summed E-state index contributed by atoms with van der Waals surface area (Å²) in [4.78, 5) is 11.7. The number of ether oxygens (including phenoxy) is 1. The Labute approximate surface area is 126 Å². The standard InChI is InChI=1S/C14H22O4SSi/c1-16-20(3,17-2)11-7-10-19-14(15)12-18-13-8-5-4-6-9-13/h4-6,8-9H,7,10-12H2,1-3H3. The van der Waals surface area contributed by atoms with Crippen LogP contribution in [-0.2, 0) is 13.6 Å². The number of hydrogen-bond acceptors (Lipinski definition) is 5. The smallest absolute Gasteiger partial charge is 0.334 e. The molecule has 0 fully saturated rings. The summed E-state index contributed by atoms with van der Waals surface area (Å²) in [6.45, 7) is 2.13. The van der Waals surface area contributed by atoms with Gasteiger partial charge in [0.25, 0.3) is 0 Å². The molecule has 1 aromatic rings. The molecule has 112 valence electrons. The molecule has 6 heteroatoms. The van der Waals surface area contributed by atoms with Gasteiger partial charge in [-0.25, -0.2) is 0 Å². The summed E-state index contributed by atoms with van der Waals surface area (Å²) in [6, 6.07) is 10.2. The van der Waals surface area contributed by atoms with Gasteiger partial charge >= 0.3 is 8.56 Å². The lowest BCUT2D eigenvalue weighted by molar-refractivity contribution is -0.112. The third kappa shape index (κ3) is 6.56. The lowest BCUT2D eigenvalue weighted by Gasteiger charge is -2.22. The zero-order valence-corrected chi connectivity index (χ0v) is 14.1. The molecular weight excluding hydrogens is 292 g/mol. The Morgan fingerprint density at radius 2 is 1.85 bits per heavy atom. The van der Waals surface area contributed by atoms with Crippen LogP contribution in [0.5, 0.6) is 5.75 Å². The molecule has 0 N–H and O–H groups in total. The monoisotopic (exact) mass is 314 g/mol. The van der Waals surface area contributed by atoms with Gasteiger partial charge in [-0.1, -0.05) is 30.0 Å². The number of hydrogen-bond donors (Lipinski definition) is 0. The highest BCUT2D eigenvalue weighted by molar-refractivity contribution is 8.13. The Kier molecular flexibility index (Phi) is 7.90. The lowest BCUT2D eigenvalue weighted by Crippen LogP contribution is -2.35. The molecule has 0 heterocycles. The molecule has 0 amide bonds. The molecule has 0 atom stereocenters. The molecule has 20 heavy (non-hydrogen) atoms. The van der Waals surface area contributed by atoms with Crippen LogP contribution in [0.2, 0.25) is 12.6 Å². The maximum atomic E-state index is 11.7. The van der Waals surface area contributed by atoms with Crippen LogP contribution in [0.4, 0.5) is 0 Å². The second kappa shape index (κ2) is 9.18. The predicted molar refractivity (Wildman–Crippen MR) is 84.5 cm³/mol. The van der Waals surface area contributed by atoms with Crippen LogP contribution in [0.25, 0.3) is 0 Å². The molecule has 0 aliphatic carbocycles. The number of carbonyl (C=O) groups is 1. The van der Waals surface area contributed by atoms with Crippen molar-refractivity contribution in [1.29, 1.82) is 0 Å². The third-order valence-corrected chi connectivity index (χ3v) is 6.92. The summed E-state index contributed by atoms with van der Waals surface area (Å²) >= 11 is 1.30. The van der Waals surface area contributed by atoms with Gasteiger partial charge in [-0.2, -0.15) is 0 Å². The van der Waals surface area contributed by atoms with Crippen LogP contribution in [0.1, 0.15) is 6.42 Å². The summed E-state index contributed by atoms with van der Waals surface area (Å²) in [5, 5.41) is 0.0482. The maximum Gasteiger partial charge on any atom is 0.334 e. The van der Waals surface area contributed by atoms with E-state index in [4.69, 9.17) is 13.6 Å². The number of para-hydroxylation sites is 1. The summed E-state index contributed by atoms with van der Waals surface area (Å²) in [5.74, 6) is 1.49. The summed E-state index contributed by atoms with van der Waals surface area (Å²) in [6.07, 6.45) is 0.909. The second-order valence-electron chi connectivity index (χ2n) is 4.47. The predicted octanol–water partition coefficient (Wildman–Crippen LogP) is 3.08. The van der Waals surface area contributed by atoms with Gasteiger partial charge in [0, 0.05) is 20.0 Å². The van der Waals surface area contributed by atoms with Crippen molar-refractivity contribution >= 4 is 25.4 Å². The van der Waals surface area contributed by atoms with E-state index in [0.29, 0.717) is 0 Å². The molecule has 4 nitrogen and oxygen atoms in total. The van der Waals surface area contributed by atoms with Crippen LogP contribution in [0.15, 0.2) is 30.3 Å². The Morgan fingerprint density at radius 1 is 1.20 bits per heavy atom. The van der Waals surface area contributed by atoms with Crippen molar-refractivity contribution in [3.63, 3.8) is 0 Å². The van der Waals surface area contributed by atoms with Crippen molar-refractivity contribution in [3.05, 3.63) is 30.3 Å². The van der Waals surface area contributed by atoms with Crippen LogP contribution in [-0.4, -0.2) is 40.3 Å². The topological polar surface area (TPSA) is 44.8 Å². The van der Waals surface area contributed by atoms with Crippen molar-refractivity contribution in [1.82, 2.24) is 0 Å². The van der Waals surface area contributed by atoms with Gasteiger partial charge in [0.15, 0.2) is 6.61 Å². The Morgan fingerprint density at radius 3 is 2.45 bits per heavy atom. The fourth-order valence-electron chi connectivity index (χ4n) is 1.57.